The number of hydrogen-bond donors (Lipinski definition) is 2. The second-order valence-corrected chi connectivity index (χ2v) is 6.49. The van der Waals surface area contributed by atoms with Gasteiger partial charge in [-0.2, -0.15) is 0 Å². The SMILES string of the molecule is COc1ccc(C=C2C(=O)NC(=O)N(c3ccc(C)c(C)c3)C2=O)cc1C(=O)O. The number of carboxylic acids is 1. The van der Waals surface area contributed by atoms with Crippen LogP contribution in [0.5, 0.6) is 5.75 Å². The molecule has 1 heterocycles. The Balaban J connectivity index is 2.04. The quantitative estimate of drug-likeness (QED) is 0.609. The van der Waals surface area contributed by atoms with Crippen LogP contribution < -0.4 is 15.0 Å². The Morgan fingerprint density at radius 3 is 2.41 bits per heavy atom. The highest BCUT2D eigenvalue weighted by Crippen LogP contribution is 2.26. The molecule has 0 spiro atoms. The van der Waals surface area contributed by atoms with Crippen molar-refractivity contribution in [3.63, 3.8) is 0 Å². The summed E-state index contributed by atoms with van der Waals surface area (Å²) in [6.45, 7) is 3.74. The van der Waals surface area contributed by atoms with Gasteiger partial charge in [0, 0.05) is 0 Å². The molecule has 8 heteroatoms. The molecule has 0 unspecified atom stereocenters. The van der Waals surface area contributed by atoms with Crippen LogP contribution >= 0.6 is 0 Å². The number of hydrogen-bond acceptors (Lipinski definition) is 5. The summed E-state index contributed by atoms with van der Waals surface area (Å²) in [4.78, 5) is 49.8. The maximum absolute atomic E-state index is 12.9. The monoisotopic (exact) mass is 394 g/mol. The minimum atomic E-state index is -1.21. The fourth-order valence-corrected chi connectivity index (χ4v) is 2.91. The number of rotatable bonds is 4. The average Bonchev–Trinajstić information content (AvgIpc) is 2.67. The van der Waals surface area contributed by atoms with E-state index in [4.69, 9.17) is 4.74 Å². The lowest BCUT2D eigenvalue weighted by Gasteiger charge is -2.26. The van der Waals surface area contributed by atoms with Crippen molar-refractivity contribution >= 4 is 35.6 Å². The molecule has 0 atom stereocenters. The fourth-order valence-electron chi connectivity index (χ4n) is 2.91. The number of aromatic carboxylic acids is 1. The Labute approximate surface area is 166 Å². The van der Waals surface area contributed by atoms with Gasteiger partial charge in [-0.3, -0.25) is 14.9 Å². The summed E-state index contributed by atoms with van der Waals surface area (Å²) in [6.07, 6.45) is 1.24. The zero-order valence-electron chi connectivity index (χ0n) is 16.0. The number of methoxy groups -OCH3 is 1. The largest absolute Gasteiger partial charge is 0.496 e. The smallest absolute Gasteiger partial charge is 0.339 e. The maximum atomic E-state index is 12.9. The molecular formula is C21H18N2O6. The maximum Gasteiger partial charge on any atom is 0.339 e. The summed E-state index contributed by atoms with van der Waals surface area (Å²) in [5.41, 5.74) is 2.10. The summed E-state index contributed by atoms with van der Waals surface area (Å²) in [5.74, 6) is -2.72. The molecule has 3 rings (SSSR count). The van der Waals surface area contributed by atoms with Crippen LogP contribution in [-0.4, -0.2) is 36.0 Å². The zero-order valence-corrected chi connectivity index (χ0v) is 16.0. The molecule has 2 aromatic rings. The van der Waals surface area contributed by atoms with E-state index in [9.17, 15) is 24.3 Å². The van der Waals surface area contributed by atoms with E-state index >= 15 is 0 Å². The molecule has 0 bridgehead atoms. The van der Waals surface area contributed by atoms with E-state index in [1.54, 1.807) is 18.2 Å². The molecular weight excluding hydrogens is 376 g/mol. The number of ether oxygens (including phenoxy) is 1. The van der Waals surface area contributed by atoms with Crippen LogP contribution in [0.1, 0.15) is 27.0 Å². The lowest BCUT2D eigenvalue weighted by molar-refractivity contribution is -0.122. The van der Waals surface area contributed by atoms with Crippen LogP contribution in [0.2, 0.25) is 0 Å². The number of carbonyl (C=O) groups is 4. The van der Waals surface area contributed by atoms with Crippen molar-refractivity contribution < 1.29 is 29.0 Å². The summed E-state index contributed by atoms with van der Waals surface area (Å²) in [6, 6.07) is 8.43. The van der Waals surface area contributed by atoms with Gasteiger partial charge in [-0.25, -0.2) is 14.5 Å². The van der Waals surface area contributed by atoms with Crippen molar-refractivity contribution in [2.24, 2.45) is 0 Å². The van der Waals surface area contributed by atoms with Crippen molar-refractivity contribution in [2.45, 2.75) is 13.8 Å². The highest BCUT2D eigenvalue weighted by atomic mass is 16.5. The molecule has 0 aromatic heterocycles. The number of nitrogens with one attached hydrogen (secondary N) is 1. The molecule has 1 aliphatic rings. The van der Waals surface area contributed by atoms with Crippen LogP contribution in [0.3, 0.4) is 0 Å². The average molecular weight is 394 g/mol. The van der Waals surface area contributed by atoms with Gasteiger partial charge in [0.25, 0.3) is 11.8 Å². The number of carboxylic acid groups (broad SMARTS) is 1. The first kappa shape index (κ1) is 19.8. The van der Waals surface area contributed by atoms with E-state index in [0.717, 1.165) is 16.0 Å². The fraction of sp³-hybridized carbons (Fsp3) is 0.143. The highest BCUT2D eigenvalue weighted by molar-refractivity contribution is 6.39. The Kier molecular flexibility index (Phi) is 5.18. The molecule has 29 heavy (non-hydrogen) atoms. The zero-order chi connectivity index (χ0) is 21.3. The van der Waals surface area contributed by atoms with E-state index in [-0.39, 0.29) is 16.9 Å². The number of aryl methyl sites for hydroxylation is 2. The Morgan fingerprint density at radius 1 is 1.07 bits per heavy atom. The van der Waals surface area contributed by atoms with Crippen molar-refractivity contribution in [3.05, 3.63) is 64.2 Å². The molecule has 148 valence electrons. The summed E-state index contributed by atoms with van der Waals surface area (Å²) in [5, 5.41) is 11.4. The van der Waals surface area contributed by atoms with Crippen LogP contribution in [0.4, 0.5) is 10.5 Å². The molecule has 8 nitrogen and oxygen atoms in total. The second kappa shape index (κ2) is 7.59. The summed E-state index contributed by atoms with van der Waals surface area (Å²) >= 11 is 0. The summed E-state index contributed by atoms with van der Waals surface area (Å²) in [7, 11) is 1.34. The number of nitrogens with zero attached hydrogens (tertiary/aromatic N) is 1. The van der Waals surface area contributed by atoms with E-state index in [1.807, 2.05) is 13.8 Å². The second-order valence-electron chi connectivity index (χ2n) is 6.49. The third kappa shape index (κ3) is 3.73. The van der Waals surface area contributed by atoms with E-state index in [1.165, 1.54) is 31.4 Å². The number of imide groups is 2. The first-order valence-electron chi connectivity index (χ1n) is 8.63. The number of amides is 4. The van der Waals surface area contributed by atoms with Crippen molar-refractivity contribution in [1.82, 2.24) is 5.32 Å². The molecule has 0 aliphatic carbocycles. The lowest BCUT2D eigenvalue weighted by Crippen LogP contribution is -2.54. The van der Waals surface area contributed by atoms with Gasteiger partial charge >= 0.3 is 12.0 Å². The van der Waals surface area contributed by atoms with Crippen LogP contribution in [0, 0.1) is 13.8 Å². The minimum absolute atomic E-state index is 0.118. The Hall–Kier alpha value is -3.94. The van der Waals surface area contributed by atoms with Gasteiger partial charge in [0.15, 0.2) is 0 Å². The molecule has 1 fully saturated rings. The molecule has 1 saturated heterocycles. The van der Waals surface area contributed by atoms with Gasteiger partial charge in [0.05, 0.1) is 12.8 Å². The standard InChI is InChI=1S/C21H18N2O6/c1-11-4-6-14(8-12(11)2)23-19(25)16(18(24)22-21(23)28)10-13-5-7-17(29-3)15(9-13)20(26)27/h4-10H,1-3H3,(H,26,27)(H,22,24,28). The van der Waals surface area contributed by atoms with E-state index in [0.29, 0.717) is 11.3 Å². The minimum Gasteiger partial charge on any atom is -0.496 e. The van der Waals surface area contributed by atoms with Gasteiger partial charge < -0.3 is 9.84 Å². The molecule has 4 amide bonds. The third-order valence-corrected chi connectivity index (χ3v) is 4.62. The van der Waals surface area contributed by atoms with Crippen LogP contribution in [-0.2, 0) is 9.59 Å². The van der Waals surface area contributed by atoms with Gasteiger partial charge in [-0.1, -0.05) is 12.1 Å². The van der Waals surface area contributed by atoms with Crippen molar-refractivity contribution in [1.29, 1.82) is 0 Å². The Morgan fingerprint density at radius 2 is 1.79 bits per heavy atom. The van der Waals surface area contributed by atoms with E-state index in [2.05, 4.69) is 5.32 Å². The molecule has 2 N–H and O–H groups in total. The van der Waals surface area contributed by atoms with Crippen LogP contribution in [0.25, 0.3) is 6.08 Å². The van der Waals surface area contributed by atoms with Gasteiger partial charge in [-0.15, -0.1) is 0 Å². The lowest BCUT2D eigenvalue weighted by atomic mass is 10.0. The number of benzene rings is 2. The molecule has 0 saturated carbocycles. The molecule has 2 aromatic carbocycles. The normalized spacial score (nSPS) is 15.5. The number of anilines is 1. The number of barbiturate groups is 1. The van der Waals surface area contributed by atoms with E-state index < -0.39 is 23.8 Å². The highest BCUT2D eigenvalue weighted by Gasteiger charge is 2.37. The first-order valence-corrected chi connectivity index (χ1v) is 8.63. The third-order valence-electron chi connectivity index (χ3n) is 4.62. The van der Waals surface area contributed by atoms with Gasteiger partial charge in [0.2, 0.25) is 0 Å². The molecule has 0 radical (unpaired) electrons. The van der Waals surface area contributed by atoms with Gasteiger partial charge in [-0.05, 0) is 60.9 Å². The van der Waals surface area contributed by atoms with Gasteiger partial charge in [0.1, 0.15) is 16.9 Å². The predicted octanol–water partition coefficient (Wildman–Crippen LogP) is 2.68. The number of carbonyl (C=O) groups excluding carboxylic acids is 3. The summed E-state index contributed by atoms with van der Waals surface area (Å²) < 4.78 is 5.00. The van der Waals surface area contributed by atoms with Crippen molar-refractivity contribution in [3.8, 4) is 5.75 Å². The predicted molar refractivity (Wildman–Crippen MR) is 105 cm³/mol. The number of urea groups is 1. The first-order chi connectivity index (χ1) is 13.7. The molecule has 1 aliphatic heterocycles. The van der Waals surface area contributed by atoms with Crippen LogP contribution in [0.15, 0.2) is 42.0 Å². The topological polar surface area (TPSA) is 113 Å². The van der Waals surface area contributed by atoms with Crippen molar-refractivity contribution in [2.75, 3.05) is 12.0 Å². The Bertz CT molecular complexity index is 1090.